The quantitative estimate of drug-likeness (QED) is 0.901. The molecule has 0 aromatic heterocycles. The molecule has 1 aromatic carbocycles. The van der Waals surface area contributed by atoms with Gasteiger partial charge in [0.05, 0.1) is 30.8 Å². The molecule has 0 bridgehead atoms. The van der Waals surface area contributed by atoms with Crippen LogP contribution in [0.15, 0.2) is 24.3 Å². The monoisotopic (exact) mass is 286 g/mol. The summed E-state index contributed by atoms with van der Waals surface area (Å²) in [6.45, 7) is 2.68. The van der Waals surface area contributed by atoms with E-state index in [0.717, 1.165) is 6.42 Å². The van der Waals surface area contributed by atoms with Crippen molar-refractivity contribution in [3.05, 3.63) is 29.8 Å². The van der Waals surface area contributed by atoms with Gasteiger partial charge in [-0.15, -0.1) is 0 Å². The third kappa shape index (κ3) is 4.87. The van der Waals surface area contributed by atoms with Gasteiger partial charge in [-0.3, -0.25) is 4.79 Å². The smallest absolute Gasteiger partial charge is 0.226 e. The first-order valence-electron chi connectivity index (χ1n) is 7.60. The molecule has 1 saturated carbocycles. The number of hydrogen-bond acceptors (Lipinski definition) is 3. The lowest BCUT2D eigenvalue weighted by atomic mass is 9.88. The van der Waals surface area contributed by atoms with Gasteiger partial charge in [0.15, 0.2) is 0 Å². The largest absolute Gasteiger partial charge is 0.377 e. The summed E-state index contributed by atoms with van der Waals surface area (Å²) < 4.78 is 5.84. The van der Waals surface area contributed by atoms with Crippen LogP contribution in [-0.4, -0.2) is 18.6 Å². The Hall–Kier alpha value is -1.86. The van der Waals surface area contributed by atoms with Crippen LogP contribution in [0.1, 0.15) is 44.6 Å². The number of ether oxygens (including phenoxy) is 1. The van der Waals surface area contributed by atoms with Gasteiger partial charge in [-0.25, -0.2) is 0 Å². The molecule has 0 heterocycles. The Morgan fingerprint density at radius 1 is 1.43 bits per heavy atom. The number of carbonyl (C=O) groups excluding carboxylic acids is 1. The van der Waals surface area contributed by atoms with E-state index in [2.05, 4.69) is 18.3 Å². The second-order valence-corrected chi connectivity index (χ2v) is 5.66. The minimum absolute atomic E-state index is 0.0754. The van der Waals surface area contributed by atoms with Crippen molar-refractivity contribution < 1.29 is 9.53 Å². The third-order valence-corrected chi connectivity index (χ3v) is 3.97. The summed E-state index contributed by atoms with van der Waals surface area (Å²) in [6.07, 6.45) is 5.48. The molecule has 2 atom stereocenters. The van der Waals surface area contributed by atoms with Crippen LogP contribution in [-0.2, 0) is 9.53 Å². The molecular weight excluding hydrogens is 264 g/mol. The number of hydrogen-bond donors (Lipinski definition) is 1. The van der Waals surface area contributed by atoms with Gasteiger partial charge in [-0.1, -0.05) is 25.8 Å². The summed E-state index contributed by atoms with van der Waals surface area (Å²) in [5, 5.41) is 11.6. The molecular formula is C17H22N2O2. The fraction of sp³-hybridized carbons (Fsp3) is 0.529. The molecule has 0 saturated heterocycles. The van der Waals surface area contributed by atoms with E-state index < -0.39 is 0 Å². The van der Waals surface area contributed by atoms with Crippen molar-refractivity contribution in [1.82, 2.24) is 0 Å². The maximum absolute atomic E-state index is 11.9. The van der Waals surface area contributed by atoms with Crippen LogP contribution < -0.4 is 5.32 Å². The highest BCUT2D eigenvalue weighted by atomic mass is 16.5. The van der Waals surface area contributed by atoms with Crippen LogP contribution in [0, 0.1) is 17.2 Å². The van der Waals surface area contributed by atoms with Gasteiger partial charge in [0, 0.05) is 5.69 Å². The maximum atomic E-state index is 11.9. The average Bonchev–Trinajstić information content (AvgIpc) is 2.49. The van der Waals surface area contributed by atoms with Crippen LogP contribution in [0.3, 0.4) is 0 Å². The van der Waals surface area contributed by atoms with E-state index >= 15 is 0 Å². The van der Waals surface area contributed by atoms with Crippen LogP contribution in [0.25, 0.3) is 0 Å². The zero-order valence-corrected chi connectivity index (χ0v) is 12.5. The molecule has 1 aliphatic rings. The molecule has 1 aromatic rings. The Balaban J connectivity index is 1.73. The van der Waals surface area contributed by atoms with E-state index in [1.807, 2.05) is 0 Å². The lowest BCUT2D eigenvalue weighted by Gasteiger charge is -2.28. The summed E-state index contributed by atoms with van der Waals surface area (Å²) >= 11 is 0. The lowest BCUT2D eigenvalue weighted by Crippen LogP contribution is -2.27. The van der Waals surface area contributed by atoms with E-state index in [0.29, 0.717) is 36.3 Å². The minimum atomic E-state index is -0.0754. The molecule has 0 aliphatic heterocycles. The molecule has 4 heteroatoms. The Kier molecular flexibility index (Phi) is 5.77. The number of rotatable bonds is 5. The molecule has 2 rings (SSSR count). The number of amides is 1. The molecule has 21 heavy (non-hydrogen) atoms. The van der Waals surface area contributed by atoms with Gasteiger partial charge in [-0.05, 0) is 37.0 Å². The lowest BCUT2D eigenvalue weighted by molar-refractivity contribution is -0.118. The Labute approximate surface area is 126 Å². The second kappa shape index (κ2) is 7.80. The van der Waals surface area contributed by atoms with Crippen molar-refractivity contribution in [2.24, 2.45) is 5.92 Å². The van der Waals surface area contributed by atoms with Gasteiger partial charge in [0.2, 0.25) is 5.91 Å². The van der Waals surface area contributed by atoms with Crippen LogP contribution >= 0.6 is 0 Å². The van der Waals surface area contributed by atoms with Crippen molar-refractivity contribution in [2.75, 3.05) is 11.9 Å². The molecule has 4 nitrogen and oxygen atoms in total. The van der Waals surface area contributed by atoms with E-state index in [9.17, 15) is 4.79 Å². The van der Waals surface area contributed by atoms with Crippen LogP contribution in [0.2, 0.25) is 0 Å². The van der Waals surface area contributed by atoms with Crippen molar-refractivity contribution >= 4 is 11.6 Å². The standard InChI is InChI=1S/C17H22N2O2/c1-13-5-2-3-8-16(13)21-10-9-17(20)19-15-7-4-6-14(11-15)12-18/h4,6-7,11,13,16H,2-3,5,8-10H2,1H3,(H,19,20). The third-order valence-electron chi connectivity index (χ3n) is 3.97. The van der Waals surface area contributed by atoms with Gasteiger partial charge in [-0.2, -0.15) is 5.26 Å². The summed E-state index contributed by atoms with van der Waals surface area (Å²) in [6, 6.07) is 8.97. The highest BCUT2D eigenvalue weighted by Gasteiger charge is 2.21. The number of carbonyl (C=O) groups is 1. The van der Waals surface area contributed by atoms with Gasteiger partial charge in [0.1, 0.15) is 0 Å². The first kappa shape index (κ1) is 15.5. The predicted molar refractivity (Wildman–Crippen MR) is 81.8 cm³/mol. The first-order valence-corrected chi connectivity index (χ1v) is 7.60. The van der Waals surface area contributed by atoms with E-state index in [-0.39, 0.29) is 5.91 Å². The summed E-state index contributed by atoms with van der Waals surface area (Å²) in [5.41, 5.74) is 1.20. The topological polar surface area (TPSA) is 62.1 Å². The average molecular weight is 286 g/mol. The van der Waals surface area contributed by atoms with Crippen LogP contribution in [0.4, 0.5) is 5.69 Å². The van der Waals surface area contributed by atoms with Crippen molar-refractivity contribution in [1.29, 1.82) is 5.26 Å². The van der Waals surface area contributed by atoms with Gasteiger partial charge in [0.25, 0.3) is 0 Å². The second-order valence-electron chi connectivity index (χ2n) is 5.66. The predicted octanol–water partition coefficient (Wildman–Crippen LogP) is 3.48. The number of nitrogens with one attached hydrogen (secondary N) is 1. The highest BCUT2D eigenvalue weighted by Crippen LogP contribution is 2.26. The molecule has 1 amide bonds. The fourth-order valence-electron chi connectivity index (χ4n) is 2.72. The van der Waals surface area contributed by atoms with Crippen molar-refractivity contribution in [2.45, 2.75) is 45.1 Å². The SMILES string of the molecule is CC1CCCCC1OCCC(=O)Nc1cccc(C#N)c1. The van der Waals surface area contributed by atoms with Gasteiger partial charge < -0.3 is 10.1 Å². The molecule has 112 valence electrons. The summed E-state index contributed by atoms with van der Waals surface area (Å²) in [5.74, 6) is 0.516. The molecule has 1 N–H and O–H groups in total. The Bertz CT molecular complexity index is 522. The number of anilines is 1. The Morgan fingerprint density at radius 2 is 2.24 bits per heavy atom. The normalized spacial score (nSPS) is 21.5. The molecule has 1 fully saturated rings. The van der Waals surface area contributed by atoms with E-state index in [4.69, 9.17) is 10.00 Å². The molecule has 1 aliphatic carbocycles. The Morgan fingerprint density at radius 3 is 3.00 bits per heavy atom. The van der Waals surface area contributed by atoms with Gasteiger partial charge >= 0.3 is 0 Å². The van der Waals surface area contributed by atoms with E-state index in [1.54, 1.807) is 24.3 Å². The number of benzene rings is 1. The molecule has 2 unspecified atom stereocenters. The van der Waals surface area contributed by atoms with E-state index in [1.165, 1.54) is 19.3 Å². The van der Waals surface area contributed by atoms with Crippen molar-refractivity contribution in [3.8, 4) is 6.07 Å². The number of nitriles is 1. The maximum Gasteiger partial charge on any atom is 0.226 e. The fourth-order valence-corrected chi connectivity index (χ4v) is 2.72. The first-order chi connectivity index (χ1) is 10.2. The zero-order valence-electron chi connectivity index (χ0n) is 12.5. The molecule has 0 radical (unpaired) electrons. The minimum Gasteiger partial charge on any atom is -0.377 e. The van der Waals surface area contributed by atoms with Crippen molar-refractivity contribution in [3.63, 3.8) is 0 Å². The number of nitrogens with zero attached hydrogens (tertiary/aromatic N) is 1. The summed E-state index contributed by atoms with van der Waals surface area (Å²) in [4.78, 5) is 11.9. The summed E-state index contributed by atoms with van der Waals surface area (Å²) in [7, 11) is 0. The highest BCUT2D eigenvalue weighted by molar-refractivity contribution is 5.90. The zero-order chi connectivity index (χ0) is 15.1. The molecule has 0 spiro atoms. The van der Waals surface area contributed by atoms with Crippen LogP contribution in [0.5, 0.6) is 0 Å².